The summed E-state index contributed by atoms with van der Waals surface area (Å²) in [6.07, 6.45) is 0. The Kier molecular flexibility index (Phi) is 5.66. The van der Waals surface area contributed by atoms with E-state index >= 15 is 0 Å². The number of rotatable bonds is 2. The molecule has 0 heterocycles. The van der Waals surface area contributed by atoms with Gasteiger partial charge in [-0.15, -0.1) is 11.8 Å². The minimum atomic E-state index is -0.129. The van der Waals surface area contributed by atoms with E-state index in [1.807, 2.05) is 0 Å². The van der Waals surface area contributed by atoms with Gasteiger partial charge in [0.1, 0.15) is 6.61 Å². The first-order valence-corrected chi connectivity index (χ1v) is 6.11. The molecule has 0 spiro atoms. The van der Waals surface area contributed by atoms with Gasteiger partial charge in [0.15, 0.2) is 0 Å². The first-order valence-electron chi connectivity index (χ1n) is 3.99. The second-order valence-corrected chi connectivity index (χ2v) is 4.74. The summed E-state index contributed by atoms with van der Waals surface area (Å²) in [5.41, 5.74) is 0. The molecule has 1 N–H and O–H groups in total. The third-order valence-corrected chi connectivity index (χ3v) is 3.56. The van der Waals surface area contributed by atoms with Crippen molar-refractivity contribution in [3.05, 3.63) is 27.2 Å². The minimum absolute atomic E-state index is 0.129. The van der Waals surface area contributed by atoms with Crippen LogP contribution in [0, 0.1) is 11.8 Å². The standard InChI is InChI=1S/C10H7Cl3OS/c11-7-5-9(13)10(6-8(7)12)15-4-2-1-3-14/h5-6,14H,3-4H2. The summed E-state index contributed by atoms with van der Waals surface area (Å²) in [6.45, 7) is -0.129. The van der Waals surface area contributed by atoms with Gasteiger partial charge in [-0.2, -0.15) is 0 Å². The number of halogens is 3. The topological polar surface area (TPSA) is 20.2 Å². The van der Waals surface area contributed by atoms with Gasteiger partial charge >= 0.3 is 0 Å². The lowest BCUT2D eigenvalue weighted by molar-refractivity contribution is 0.350. The Morgan fingerprint density at radius 2 is 1.73 bits per heavy atom. The normalized spacial score (nSPS) is 9.60. The van der Waals surface area contributed by atoms with E-state index in [0.29, 0.717) is 20.8 Å². The van der Waals surface area contributed by atoms with Gasteiger partial charge in [0.2, 0.25) is 0 Å². The van der Waals surface area contributed by atoms with Crippen LogP contribution in [0.1, 0.15) is 0 Å². The summed E-state index contributed by atoms with van der Waals surface area (Å²) in [5, 5.41) is 9.92. The summed E-state index contributed by atoms with van der Waals surface area (Å²) in [7, 11) is 0. The zero-order valence-corrected chi connectivity index (χ0v) is 10.6. The van der Waals surface area contributed by atoms with Crippen LogP contribution in [0.4, 0.5) is 0 Å². The summed E-state index contributed by atoms with van der Waals surface area (Å²) in [5.74, 6) is 5.87. The molecule has 0 fully saturated rings. The fourth-order valence-corrected chi connectivity index (χ4v) is 2.34. The van der Waals surface area contributed by atoms with Gasteiger partial charge in [0, 0.05) is 4.90 Å². The van der Waals surface area contributed by atoms with Crippen molar-refractivity contribution in [2.24, 2.45) is 0 Å². The molecule has 0 saturated carbocycles. The summed E-state index contributed by atoms with van der Waals surface area (Å²) >= 11 is 19.0. The number of benzene rings is 1. The number of hydrogen-bond donors (Lipinski definition) is 1. The van der Waals surface area contributed by atoms with Crippen LogP contribution in [0.25, 0.3) is 0 Å². The van der Waals surface area contributed by atoms with E-state index in [9.17, 15) is 0 Å². The van der Waals surface area contributed by atoms with Crippen LogP contribution in [0.5, 0.6) is 0 Å². The number of hydrogen-bond acceptors (Lipinski definition) is 2. The van der Waals surface area contributed by atoms with E-state index in [4.69, 9.17) is 39.9 Å². The fourth-order valence-electron chi connectivity index (χ4n) is 0.836. The lowest BCUT2D eigenvalue weighted by Gasteiger charge is -2.03. The second kappa shape index (κ2) is 6.52. The van der Waals surface area contributed by atoms with Crippen LogP contribution in [0.15, 0.2) is 17.0 Å². The first-order chi connectivity index (χ1) is 7.15. The average molecular weight is 282 g/mol. The molecule has 0 amide bonds. The molecular weight excluding hydrogens is 275 g/mol. The van der Waals surface area contributed by atoms with E-state index in [1.165, 1.54) is 11.8 Å². The molecule has 0 atom stereocenters. The van der Waals surface area contributed by atoms with Crippen molar-refractivity contribution in [3.63, 3.8) is 0 Å². The van der Waals surface area contributed by atoms with E-state index in [0.717, 1.165) is 4.90 Å². The minimum Gasteiger partial charge on any atom is -0.384 e. The van der Waals surface area contributed by atoms with Crippen LogP contribution in [0.3, 0.4) is 0 Å². The zero-order chi connectivity index (χ0) is 11.3. The van der Waals surface area contributed by atoms with Gasteiger partial charge in [-0.1, -0.05) is 46.6 Å². The lowest BCUT2D eigenvalue weighted by Crippen LogP contribution is -1.80. The SMILES string of the molecule is OCC#CCSc1cc(Cl)c(Cl)cc1Cl. The van der Waals surface area contributed by atoms with Crippen molar-refractivity contribution < 1.29 is 5.11 Å². The average Bonchev–Trinajstić information content (AvgIpc) is 2.20. The second-order valence-electron chi connectivity index (χ2n) is 2.50. The summed E-state index contributed by atoms with van der Waals surface area (Å²) in [6, 6.07) is 3.31. The van der Waals surface area contributed by atoms with Gasteiger partial charge in [-0.25, -0.2) is 0 Å². The quantitative estimate of drug-likeness (QED) is 0.506. The fraction of sp³-hybridized carbons (Fsp3) is 0.200. The van der Waals surface area contributed by atoms with Crippen LogP contribution >= 0.6 is 46.6 Å². The van der Waals surface area contributed by atoms with Crippen molar-refractivity contribution in [2.45, 2.75) is 4.90 Å². The van der Waals surface area contributed by atoms with E-state index < -0.39 is 0 Å². The molecular formula is C10H7Cl3OS. The molecule has 0 saturated heterocycles. The maximum atomic E-state index is 8.45. The summed E-state index contributed by atoms with van der Waals surface area (Å²) < 4.78 is 0. The van der Waals surface area contributed by atoms with Crippen molar-refractivity contribution in [2.75, 3.05) is 12.4 Å². The largest absolute Gasteiger partial charge is 0.384 e. The molecule has 1 nitrogen and oxygen atoms in total. The van der Waals surface area contributed by atoms with Crippen molar-refractivity contribution in [1.29, 1.82) is 0 Å². The lowest BCUT2D eigenvalue weighted by atomic mass is 10.4. The van der Waals surface area contributed by atoms with Crippen molar-refractivity contribution >= 4 is 46.6 Å². The van der Waals surface area contributed by atoms with Gasteiger partial charge in [0.25, 0.3) is 0 Å². The van der Waals surface area contributed by atoms with Crippen LogP contribution in [-0.4, -0.2) is 17.5 Å². The van der Waals surface area contributed by atoms with Crippen LogP contribution in [-0.2, 0) is 0 Å². The Morgan fingerprint density at radius 3 is 2.40 bits per heavy atom. The van der Waals surface area contributed by atoms with Crippen LogP contribution in [0.2, 0.25) is 15.1 Å². The van der Waals surface area contributed by atoms with E-state index in [2.05, 4.69) is 11.8 Å². The molecule has 0 aliphatic carbocycles. The molecule has 15 heavy (non-hydrogen) atoms. The number of thioether (sulfide) groups is 1. The maximum Gasteiger partial charge on any atom is 0.104 e. The molecule has 0 aromatic heterocycles. The first kappa shape index (κ1) is 13.0. The third-order valence-electron chi connectivity index (χ3n) is 1.48. The summed E-state index contributed by atoms with van der Waals surface area (Å²) in [4.78, 5) is 0.832. The maximum absolute atomic E-state index is 8.45. The molecule has 0 radical (unpaired) electrons. The smallest absolute Gasteiger partial charge is 0.104 e. The molecule has 1 aromatic carbocycles. The van der Waals surface area contributed by atoms with Gasteiger partial charge in [-0.05, 0) is 12.1 Å². The van der Waals surface area contributed by atoms with Crippen molar-refractivity contribution in [1.82, 2.24) is 0 Å². The highest BCUT2D eigenvalue weighted by Crippen LogP contribution is 2.34. The number of aliphatic hydroxyl groups excluding tert-OH is 1. The van der Waals surface area contributed by atoms with Crippen LogP contribution < -0.4 is 0 Å². The zero-order valence-electron chi connectivity index (χ0n) is 7.56. The Morgan fingerprint density at radius 1 is 1.07 bits per heavy atom. The number of aliphatic hydroxyl groups is 1. The van der Waals surface area contributed by atoms with Gasteiger partial charge in [-0.3, -0.25) is 0 Å². The highest BCUT2D eigenvalue weighted by Gasteiger charge is 2.05. The Bertz CT molecular complexity index is 409. The molecule has 80 valence electrons. The Hall–Kier alpha value is -0.0400. The van der Waals surface area contributed by atoms with Crippen molar-refractivity contribution in [3.8, 4) is 11.8 Å². The predicted molar refractivity (Wildman–Crippen MR) is 67.1 cm³/mol. The van der Waals surface area contributed by atoms with Gasteiger partial charge in [0.05, 0.1) is 20.8 Å². The highest BCUT2D eigenvalue weighted by molar-refractivity contribution is 7.99. The highest BCUT2D eigenvalue weighted by atomic mass is 35.5. The Labute approximate surface area is 108 Å². The van der Waals surface area contributed by atoms with E-state index in [1.54, 1.807) is 12.1 Å². The molecule has 1 aromatic rings. The third kappa shape index (κ3) is 4.14. The monoisotopic (exact) mass is 280 g/mol. The van der Waals surface area contributed by atoms with Gasteiger partial charge < -0.3 is 5.11 Å². The predicted octanol–water partition coefficient (Wildman–Crippen LogP) is 3.73. The Balaban J connectivity index is 2.73. The molecule has 5 heteroatoms. The molecule has 0 aliphatic heterocycles. The molecule has 1 rings (SSSR count). The van der Waals surface area contributed by atoms with E-state index in [-0.39, 0.29) is 6.61 Å². The molecule has 0 unspecified atom stereocenters. The molecule has 0 aliphatic rings. The molecule has 0 bridgehead atoms.